The smallest absolute Gasteiger partial charge is 0.0386 e. The molecule has 16 heavy (non-hydrogen) atoms. The monoisotopic (exact) mass is 232 g/mol. The largest absolute Gasteiger partial charge is 0.309 e. The Hall–Kier alpha value is -1.19. The molecule has 3 heteroatoms. The number of nitrogens with zero attached hydrogens (tertiary/aromatic N) is 1. The molecule has 0 aromatic carbocycles. The molecule has 84 valence electrons. The molecule has 0 bridgehead atoms. The van der Waals surface area contributed by atoms with Crippen LogP contribution in [0.4, 0.5) is 0 Å². The molecule has 0 aliphatic carbocycles. The van der Waals surface area contributed by atoms with Crippen molar-refractivity contribution >= 4 is 11.3 Å². The van der Waals surface area contributed by atoms with Crippen molar-refractivity contribution in [3.05, 3.63) is 52.5 Å². The van der Waals surface area contributed by atoms with E-state index in [4.69, 9.17) is 0 Å². The highest BCUT2D eigenvalue weighted by molar-refractivity contribution is 7.10. The van der Waals surface area contributed by atoms with Crippen molar-refractivity contribution in [2.75, 3.05) is 6.54 Å². The highest BCUT2D eigenvalue weighted by atomic mass is 32.1. The highest BCUT2D eigenvalue weighted by Crippen LogP contribution is 2.17. The van der Waals surface area contributed by atoms with Gasteiger partial charge in [0.25, 0.3) is 0 Å². The number of hydrogen-bond acceptors (Lipinski definition) is 3. The van der Waals surface area contributed by atoms with Gasteiger partial charge in [-0.25, -0.2) is 0 Å². The van der Waals surface area contributed by atoms with Crippen LogP contribution in [0, 0.1) is 0 Å². The number of aromatic nitrogens is 1. The van der Waals surface area contributed by atoms with E-state index in [0.717, 1.165) is 13.0 Å². The molecule has 2 aromatic heterocycles. The third-order valence-corrected chi connectivity index (χ3v) is 3.64. The zero-order valence-corrected chi connectivity index (χ0v) is 10.2. The average Bonchev–Trinajstić information content (AvgIpc) is 2.84. The molecule has 0 aliphatic rings. The summed E-state index contributed by atoms with van der Waals surface area (Å²) < 4.78 is 0. The van der Waals surface area contributed by atoms with Gasteiger partial charge in [0.2, 0.25) is 0 Å². The van der Waals surface area contributed by atoms with Crippen LogP contribution in [-0.2, 0) is 6.42 Å². The SMILES string of the molecule is CC(NCCc1ccncc1)c1cccs1. The molecule has 0 amide bonds. The molecule has 0 radical (unpaired) electrons. The number of pyridine rings is 1. The first-order chi connectivity index (χ1) is 7.86. The van der Waals surface area contributed by atoms with E-state index >= 15 is 0 Å². The van der Waals surface area contributed by atoms with E-state index < -0.39 is 0 Å². The lowest BCUT2D eigenvalue weighted by atomic mass is 10.2. The van der Waals surface area contributed by atoms with Crippen LogP contribution in [0.3, 0.4) is 0 Å². The van der Waals surface area contributed by atoms with E-state index in [1.807, 2.05) is 12.4 Å². The summed E-state index contributed by atoms with van der Waals surface area (Å²) in [6.07, 6.45) is 4.74. The minimum Gasteiger partial charge on any atom is -0.309 e. The zero-order valence-electron chi connectivity index (χ0n) is 9.39. The Morgan fingerprint density at radius 1 is 1.31 bits per heavy atom. The molecule has 0 aliphatic heterocycles. The zero-order chi connectivity index (χ0) is 11.2. The van der Waals surface area contributed by atoms with Gasteiger partial charge in [0.05, 0.1) is 0 Å². The van der Waals surface area contributed by atoms with Crippen molar-refractivity contribution in [3.63, 3.8) is 0 Å². The van der Waals surface area contributed by atoms with Crippen molar-refractivity contribution in [3.8, 4) is 0 Å². The van der Waals surface area contributed by atoms with Crippen molar-refractivity contribution in [2.45, 2.75) is 19.4 Å². The molecule has 0 saturated heterocycles. The van der Waals surface area contributed by atoms with Crippen LogP contribution in [0.1, 0.15) is 23.4 Å². The van der Waals surface area contributed by atoms with E-state index in [0.29, 0.717) is 6.04 Å². The molecule has 0 spiro atoms. The summed E-state index contributed by atoms with van der Waals surface area (Å²) in [7, 11) is 0. The summed E-state index contributed by atoms with van der Waals surface area (Å²) in [5.74, 6) is 0. The molecule has 0 fully saturated rings. The van der Waals surface area contributed by atoms with Gasteiger partial charge in [-0.15, -0.1) is 11.3 Å². The van der Waals surface area contributed by atoms with Crippen molar-refractivity contribution in [2.24, 2.45) is 0 Å². The van der Waals surface area contributed by atoms with Crippen molar-refractivity contribution < 1.29 is 0 Å². The Balaban J connectivity index is 1.76. The van der Waals surface area contributed by atoms with E-state index in [1.165, 1.54) is 10.4 Å². The summed E-state index contributed by atoms with van der Waals surface area (Å²) in [6, 6.07) is 8.85. The summed E-state index contributed by atoms with van der Waals surface area (Å²) in [6.45, 7) is 3.21. The quantitative estimate of drug-likeness (QED) is 0.857. The average molecular weight is 232 g/mol. The van der Waals surface area contributed by atoms with Gasteiger partial charge < -0.3 is 5.32 Å². The topological polar surface area (TPSA) is 24.9 Å². The Bertz CT molecular complexity index is 397. The maximum atomic E-state index is 4.01. The molecule has 1 N–H and O–H groups in total. The van der Waals surface area contributed by atoms with Crippen molar-refractivity contribution in [1.82, 2.24) is 10.3 Å². The molecule has 2 heterocycles. The summed E-state index contributed by atoms with van der Waals surface area (Å²) in [5.41, 5.74) is 1.33. The number of nitrogens with one attached hydrogen (secondary N) is 1. The van der Waals surface area contributed by atoms with E-state index in [-0.39, 0.29) is 0 Å². The third-order valence-electron chi connectivity index (χ3n) is 2.58. The van der Waals surface area contributed by atoms with Gasteiger partial charge in [-0.3, -0.25) is 4.98 Å². The second-order valence-corrected chi connectivity index (χ2v) is 4.78. The van der Waals surface area contributed by atoms with Gasteiger partial charge in [0, 0.05) is 23.3 Å². The van der Waals surface area contributed by atoms with Gasteiger partial charge in [0.1, 0.15) is 0 Å². The fourth-order valence-electron chi connectivity index (χ4n) is 1.62. The Kier molecular flexibility index (Phi) is 4.08. The molecule has 2 aromatic rings. The lowest BCUT2D eigenvalue weighted by Crippen LogP contribution is -2.20. The Labute approximate surface area is 100 Å². The Morgan fingerprint density at radius 3 is 2.81 bits per heavy atom. The Morgan fingerprint density at radius 2 is 2.12 bits per heavy atom. The first-order valence-corrected chi connectivity index (χ1v) is 6.40. The third kappa shape index (κ3) is 3.15. The first kappa shape index (κ1) is 11.3. The van der Waals surface area contributed by atoms with Crippen LogP contribution < -0.4 is 5.32 Å². The van der Waals surface area contributed by atoms with Gasteiger partial charge in [-0.2, -0.15) is 0 Å². The van der Waals surface area contributed by atoms with Crippen LogP contribution in [0.15, 0.2) is 42.0 Å². The van der Waals surface area contributed by atoms with E-state index in [2.05, 4.69) is 46.9 Å². The molecule has 2 rings (SSSR count). The fraction of sp³-hybridized carbons (Fsp3) is 0.308. The second-order valence-electron chi connectivity index (χ2n) is 3.80. The van der Waals surface area contributed by atoms with Crippen molar-refractivity contribution in [1.29, 1.82) is 0 Å². The van der Waals surface area contributed by atoms with Crippen LogP contribution >= 0.6 is 11.3 Å². The van der Waals surface area contributed by atoms with Gasteiger partial charge in [-0.05, 0) is 49.0 Å². The maximum Gasteiger partial charge on any atom is 0.0386 e. The molecule has 1 atom stereocenters. The minimum absolute atomic E-state index is 0.446. The van der Waals surface area contributed by atoms with Crippen LogP contribution in [0.2, 0.25) is 0 Å². The summed E-state index contributed by atoms with van der Waals surface area (Å²) in [4.78, 5) is 5.41. The second kappa shape index (κ2) is 5.77. The molecule has 1 unspecified atom stereocenters. The maximum absolute atomic E-state index is 4.01. The predicted molar refractivity (Wildman–Crippen MR) is 68.7 cm³/mol. The molecule has 2 nitrogen and oxygen atoms in total. The van der Waals surface area contributed by atoms with E-state index in [9.17, 15) is 0 Å². The number of thiophene rings is 1. The molecular formula is C13H16N2S. The summed E-state index contributed by atoms with van der Waals surface area (Å²) in [5, 5.41) is 5.64. The van der Waals surface area contributed by atoms with Gasteiger partial charge in [0.15, 0.2) is 0 Å². The molecule has 0 saturated carbocycles. The highest BCUT2D eigenvalue weighted by Gasteiger charge is 2.04. The van der Waals surface area contributed by atoms with Crippen LogP contribution in [-0.4, -0.2) is 11.5 Å². The first-order valence-electron chi connectivity index (χ1n) is 5.52. The van der Waals surface area contributed by atoms with Crippen LogP contribution in [0.25, 0.3) is 0 Å². The lowest BCUT2D eigenvalue weighted by Gasteiger charge is -2.11. The van der Waals surface area contributed by atoms with Gasteiger partial charge >= 0.3 is 0 Å². The molecular weight excluding hydrogens is 216 g/mol. The van der Waals surface area contributed by atoms with E-state index in [1.54, 1.807) is 11.3 Å². The van der Waals surface area contributed by atoms with Gasteiger partial charge in [-0.1, -0.05) is 6.07 Å². The minimum atomic E-state index is 0.446. The van der Waals surface area contributed by atoms with Crippen LogP contribution in [0.5, 0.6) is 0 Å². The summed E-state index contributed by atoms with van der Waals surface area (Å²) >= 11 is 1.80. The normalized spacial score (nSPS) is 12.6. The fourth-order valence-corrected chi connectivity index (χ4v) is 2.38. The number of hydrogen-bond donors (Lipinski definition) is 1. The standard InChI is InChI=1S/C13H16N2S/c1-11(13-3-2-10-16-13)15-9-6-12-4-7-14-8-5-12/h2-5,7-8,10-11,15H,6,9H2,1H3. The predicted octanol–water partition coefficient (Wildman–Crippen LogP) is 3.04. The number of rotatable bonds is 5. The lowest BCUT2D eigenvalue weighted by molar-refractivity contribution is 0.584.